The summed E-state index contributed by atoms with van der Waals surface area (Å²) in [6.45, 7) is 2.14. The van der Waals surface area contributed by atoms with Gasteiger partial charge in [0.2, 0.25) is 5.54 Å². The molecule has 0 aliphatic carbocycles. The summed E-state index contributed by atoms with van der Waals surface area (Å²) in [6, 6.07) is -1.34. The zero-order valence-corrected chi connectivity index (χ0v) is 11.0. The van der Waals surface area contributed by atoms with Crippen LogP contribution in [0.3, 0.4) is 0 Å². The number of piperidine rings is 1. The Labute approximate surface area is 112 Å². The minimum Gasteiger partial charge on any atom is -0.325 e. The third-order valence-corrected chi connectivity index (χ3v) is 3.56. The molecule has 0 bridgehead atoms. The van der Waals surface area contributed by atoms with Gasteiger partial charge in [-0.25, -0.2) is 4.79 Å². The van der Waals surface area contributed by atoms with Crippen LogP contribution in [-0.2, 0) is 0 Å². The van der Waals surface area contributed by atoms with Crippen LogP contribution in [-0.4, -0.2) is 41.9 Å². The Morgan fingerprint density at radius 2 is 1.45 bits per heavy atom. The highest BCUT2D eigenvalue weighted by Crippen LogP contribution is 2.42. The van der Waals surface area contributed by atoms with E-state index in [-0.39, 0.29) is 20.0 Å². The number of amides is 2. The molecule has 0 aromatic carbocycles. The Morgan fingerprint density at radius 3 is 1.80 bits per heavy atom. The van der Waals surface area contributed by atoms with Crippen molar-refractivity contribution in [2.45, 2.75) is 44.6 Å². The number of urea groups is 1. The maximum Gasteiger partial charge on any atom is 0.420 e. The number of rotatable bonds is 1. The Hall–Kier alpha value is -1.15. The third-order valence-electron chi connectivity index (χ3n) is 3.56. The molecule has 9 heteroatoms. The first-order valence-electron chi connectivity index (χ1n) is 6.09. The monoisotopic (exact) mass is 306 g/mol. The molecule has 1 heterocycles. The van der Waals surface area contributed by atoms with Crippen LogP contribution in [0, 0.1) is 5.92 Å². The average molecular weight is 306 g/mol. The molecule has 1 aliphatic heterocycles. The molecule has 0 saturated carbocycles. The average Bonchev–Trinajstić information content (AvgIpc) is 2.26. The number of alkyl halides is 6. The molecule has 20 heavy (non-hydrogen) atoms. The summed E-state index contributed by atoms with van der Waals surface area (Å²) in [5.41, 5.74) is -4.25. The van der Waals surface area contributed by atoms with Crippen LogP contribution >= 0.6 is 0 Å². The number of carbonyl (C=O) groups is 1. The van der Waals surface area contributed by atoms with E-state index in [1.807, 2.05) is 6.92 Å². The molecule has 1 N–H and O–H groups in total. The second-order valence-electron chi connectivity index (χ2n) is 5.22. The lowest BCUT2D eigenvalue weighted by molar-refractivity contribution is -0.298. The normalized spacial score (nSPS) is 19.1. The fraction of sp³-hybridized carbons (Fsp3) is 0.909. The number of nitrogens with one attached hydrogen (secondary N) is 1. The lowest BCUT2D eigenvalue weighted by Gasteiger charge is -2.38. The fourth-order valence-corrected chi connectivity index (χ4v) is 1.81. The molecule has 0 spiro atoms. The van der Waals surface area contributed by atoms with Gasteiger partial charge in [0.1, 0.15) is 0 Å². The lowest BCUT2D eigenvalue weighted by atomic mass is 9.99. The van der Waals surface area contributed by atoms with Gasteiger partial charge in [-0.1, -0.05) is 6.92 Å². The van der Waals surface area contributed by atoms with E-state index in [4.69, 9.17) is 0 Å². The topological polar surface area (TPSA) is 32.3 Å². The summed E-state index contributed by atoms with van der Waals surface area (Å²) in [5.74, 6) is 0.302. The summed E-state index contributed by atoms with van der Waals surface area (Å²) in [5, 5.41) is 1.09. The quantitative estimate of drug-likeness (QED) is 0.741. The molecule has 1 rings (SSSR count). The van der Waals surface area contributed by atoms with Crippen LogP contribution in [0.15, 0.2) is 0 Å². The highest BCUT2D eigenvalue weighted by molar-refractivity contribution is 5.75. The van der Waals surface area contributed by atoms with Crippen LogP contribution in [0.25, 0.3) is 0 Å². The van der Waals surface area contributed by atoms with Crippen molar-refractivity contribution in [3.05, 3.63) is 0 Å². The van der Waals surface area contributed by atoms with Gasteiger partial charge in [0.25, 0.3) is 0 Å². The minimum atomic E-state index is -5.62. The molecular formula is C11H16F6N2O. The zero-order chi connectivity index (χ0) is 15.8. The van der Waals surface area contributed by atoms with Gasteiger partial charge in [0, 0.05) is 13.1 Å². The van der Waals surface area contributed by atoms with E-state index in [0.717, 1.165) is 10.2 Å². The predicted molar refractivity (Wildman–Crippen MR) is 59.0 cm³/mol. The Kier molecular flexibility index (Phi) is 4.50. The number of nitrogens with zero attached hydrogens (tertiary/aromatic N) is 1. The van der Waals surface area contributed by atoms with E-state index < -0.39 is 23.9 Å². The molecule has 0 aromatic heterocycles. The molecule has 1 fully saturated rings. The number of halogens is 6. The minimum absolute atomic E-state index is 0.0720. The summed E-state index contributed by atoms with van der Waals surface area (Å²) < 4.78 is 75.8. The number of hydrogen-bond acceptors (Lipinski definition) is 1. The largest absolute Gasteiger partial charge is 0.420 e. The molecule has 0 radical (unpaired) electrons. The summed E-state index contributed by atoms with van der Waals surface area (Å²) in [6.07, 6.45) is -10.1. The fourth-order valence-electron chi connectivity index (χ4n) is 1.81. The Balaban J connectivity index is 2.84. The SMILES string of the molecule is CC1CCN(C(=O)NC(C)(C(F)(F)F)C(F)(F)F)CC1. The smallest absolute Gasteiger partial charge is 0.325 e. The second-order valence-corrected chi connectivity index (χ2v) is 5.22. The molecule has 1 saturated heterocycles. The van der Waals surface area contributed by atoms with Crippen molar-refractivity contribution in [2.75, 3.05) is 13.1 Å². The first kappa shape index (κ1) is 16.9. The van der Waals surface area contributed by atoms with Gasteiger partial charge in [0.15, 0.2) is 0 Å². The number of likely N-dealkylation sites (tertiary alicyclic amines) is 1. The van der Waals surface area contributed by atoms with Crippen LogP contribution < -0.4 is 5.32 Å². The van der Waals surface area contributed by atoms with E-state index in [1.54, 1.807) is 0 Å². The number of carbonyl (C=O) groups excluding carboxylic acids is 1. The van der Waals surface area contributed by atoms with Crippen molar-refractivity contribution in [1.82, 2.24) is 10.2 Å². The van der Waals surface area contributed by atoms with Crippen LogP contribution in [0.4, 0.5) is 31.1 Å². The van der Waals surface area contributed by atoms with E-state index in [0.29, 0.717) is 18.8 Å². The van der Waals surface area contributed by atoms with E-state index >= 15 is 0 Å². The molecule has 118 valence electrons. The van der Waals surface area contributed by atoms with E-state index in [1.165, 1.54) is 0 Å². The molecule has 0 unspecified atom stereocenters. The Bertz CT molecular complexity index is 343. The van der Waals surface area contributed by atoms with Gasteiger partial charge < -0.3 is 10.2 Å². The van der Waals surface area contributed by atoms with Crippen molar-refractivity contribution in [3.8, 4) is 0 Å². The highest BCUT2D eigenvalue weighted by Gasteiger charge is 2.68. The van der Waals surface area contributed by atoms with Crippen LogP contribution in [0.5, 0.6) is 0 Å². The van der Waals surface area contributed by atoms with Gasteiger partial charge in [-0.15, -0.1) is 0 Å². The third kappa shape index (κ3) is 3.29. The summed E-state index contributed by atoms with van der Waals surface area (Å²) in [4.78, 5) is 12.6. The molecule has 0 atom stereocenters. The standard InChI is InChI=1S/C11H16F6N2O/c1-7-3-5-19(6-4-7)8(20)18-9(2,10(12,13)14)11(15,16)17/h7H,3-6H2,1-2H3,(H,18,20). The van der Waals surface area contributed by atoms with Gasteiger partial charge in [-0.3, -0.25) is 0 Å². The van der Waals surface area contributed by atoms with Gasteiger partial charge >= 0.3 is 18.4 Å². The van der Waals surface area contributed by atoms with Crippen molar-refractivity contribution >= 4 is 6.03 Å². The van der Waals surface area contributed by atoms with Gasteiger partial charge in [-0.2, -0.15) is 26.3 Å². The molecule has 0 aromatic rings. The van der Waals surface area contributed by atoms with Crippen LogP contribution in [0.2, 0.25) is 0 Å². The Morgan fingerprint density at radius 1 is 1.05 bits per heavy atom. The van der Waals surface area contributed by atoms with Gasteiger partial charge in [0.05, 0.1) is 0 Å². The number of hydrogen-bond donors (Lipinski definition) is 1. The van der Waals surface area contributed by atoms with Crippen molar-refractivity contribution < 1.29 is 31.1 Å². The van der Waals surface area contributed by atoms with Gasteiger partial charge in [-0.05, 0) is 25.7 Å². The highest BCUT2D eigenvalue weighted by atomic mass is 19.4. The summed E-state index contributed by atoms with van der Waals surface area (Å²) in [7, 11) is 0. The maximum absolute atomic E-state index is 12.6. The first-order valence-corrected chi connectivity index (χ1v) is 6.09. The van der Waals surface area contributed by atoms with Crippen LogP contribution in [0.1, 0.15) is 26.7 Å². The first-order chi connectivity index (χ1) is 8.88. The molecule has 2 amide bonds. The van der Waals surface area contributed by atoms with Crippen molar-refractivity contribution in [2.24, 2.45) is 5.92 Å². The second kappa shape index (κ2) is 5.33. The predicted octanol–water partition coefficient (Wildman–Crippen LogP) is 3.31. The zero-order valence-electron chi connectivity index (χ0n) is 11.0. The lowest BCUT2D eigenvalue weighted by Crippen LogP contribution is -2.67. The van der Waals surface area contributed by atoms with E-state index in [9.17, 15) is 31.1 Å². The summed E-state index contributed by atoms with van der Waals surface area (Å²) >= 11 is 0. The van der Waals surface area contributed by atoms with Crippen molar-refractivity contribution in [1.29, 1.82) is 0 Å². The maximum atomic E-state index is 12.6. The van der Waals surface area contributed by atoms with Crippen molar-refractivity contribution in [3.63, 3.8) is 0 Å². The molecule has 3 nitrogen and oxygen atoms in total. The molecular weight excluding hydrogens is 290 g/mol. The van der Waals surface area contributed by atoms with E-state index in [2.05, 4.69) is 0 Å². The molecule has 1 aliphatic rings.